The van der Waals surface area contributed by atoms with Crippen LogP contribution in [0.4, 0.5) is 0 Å². The standard InChI is InChI=1S/C23H25N3O3/c1-24-19-13-7-6-12-18(19)21(27)26(23(24)29)20(16-17-10-4-2-5-11-17)22(28)25-14-8-3-9-15-25/h2,4-7,10-13,20H,3,8-9,14-16H2,1H3/t20-/m1/s1. The molecule has 0 saturated carbocycles. The van der Waals surface area contributed by atoms with Crippen LogP contribution >= 0.6 is 0 Å². The molecule has 1 amide bonds. The fraction of sp³-hybridized carbons (Fsp3) is 0.348. The van der Waals surface area contributed by atoms with Crippen LogP contribution in [0.3, 0.4) is 0 Å². The number of carbonyl (C=O) groups excluding carboxylic acids is 1. The lowest BCUT2D eigenvalue weighted by atomic mass is 10.0. The quantitative estimate of drug-likeness (QED) is 0.686. The van der Waals surface area contributed by atoms with Gasteiger partial charge in [-0.1, -0.05) is 42.5 Å². The summed E-state index contributed by atoms with van der Waals surface area (Å²) in [6, 6.07) is 15.7. The molecule has 0 unspecified atom stereocenters. The third-order valence-electron chi connectivity index (χ3n) is 5.74. The predicted octanol–water partition coefficient (Wildman–Crippen LogP) is 2.50. The van der Waals surface area contributed by atoms with Crippen LogP contribution in [0.1, 0.15) is 30.9 Å². The van der Waals surface area contributed by atoms with Gasteiger partial charge in [0.1, 0.15) is 6.04 Å². The normalized spacial score (nSPS) is 15.4. The van der Waals surface area contributed by atoms with E-state index in [0.717, 1.165) is 29.4 Å². The van der Waals surface area contributed by atoms with E-state index in [1.165, 1.54) is 4.57 Å². The van der Waals surface area contributed by atoms with E-state index in [1.807, 2.05) is 30.3 Å². The van der Waals surface area contributed by atoms with Crippen molar-refractivity contribution in [2.24, 2.45) is 7.05 Å². The Kier molecular flexibility index (Phi) is 5.34. The smallest absolute Gasteiger partial charge is 0.331 e. The van der Waals surface area contributed by atoms with Gasteiger partial charge in [-0.05, 0) is 37.0 Å². The number of aryl methyl sites for hydroxylation is 1. The van der Waals surface area contributed by atoms with Gasteiger partial charge in [-0.15, -0.1) is 0 Å². The number of hydrogen-bond acceptors (Lipinski definition) is 3. The molecule has 6 nitrogen and oxygen atoms in total. The molecule has 2 heterocycles. The fourth-order valence-electron chi connectivity index (χ4n) is 4.15. The number of hydrogen-bond donors (Lipinski definition) is 0. The van der Waals surface area contributed by atoms with E-state index in [2.05, 4.69) is 0 Å². The highest BCUT2D eigenvalue weighted by Crippen LogP contribution is 2.19. The number of aromatic nitrogens is 2. The Morgan fingerprint density at radius 1 is 0.931 bits per heavy atom. The van der Waals surface area contributed by atoms with Gasteiger partial charge in [-0.3, -0.25) is 14.2 Å². The first kappa shape index (κ1) is 19.2. The van der Waals surface area contributed by atoms with Gasteiger partial charge < -0.3 is 4.90 Å². The highest BCUT2D eigenvalue weighted by atomic mass is 16.2. The van der Waals surface area contributed by atoms with Crippen molar-refractivity contribution < 1.29 is 4.79 Å². The fourth-order valence-corrected chi connectivity index (χ4v) is 4.15. The lowest BCUT2D eigenvalue weighted by Gasteiger charge is -2.31. The Morgan fingerprint density at radius 3 is 2.31 bits per heavy atom. The van der Waals surface area contributed by atoms with Crippen LogP contribution in [0.2, 0.25) is 0 Å². The van der Waals surface area contributed by atoms with E-state index in [0.29, 0.717) is 30.4 Å². The zero-order valence-corrected chi connectivity index (χ0v) is 16.6. The van der Waals surface area contributed by atoms with Crippen molar-refractivity contribution in [1.29, 1.82) is 0 Å². The third kappa shape index (κ3) is 3.62. The molecule has 1 fully saturated rings. The highest BCUT2D eigenvalue weighted by Gasteiger charge is 2.30. The average molecular weight is 391 g/mol. The number of benzene rings is 2. The van der Waals surface area contributed by atoms with Crippen LogP contribution in [-0.2, 0) is 18.3 Å². The van der Waals surface area contributed by atoms with E-state index < -0.39 is 17.3 Å². The Labute approximate surface area is 169 Å². The molecule has 0 bridgehead atoms. The lowest BCUT2D eigenvalue weighted by molar-refractivity contribution is -0.135. The van der Waals surface area contributed by atoms with Crippen LogP contribution < -0.4 is 11.2 Å². The van der Waals surface area contributed by atoms with Crippen LogP contribution in [0.25, 0.3) is 10.9 Å². The number of nitrogens with zero attached hydrogens (tertiary/aromatic N) is 3. The first-order valence-corrected chi connectivity index (χ1v) is 10.1. The Bertz CT molecular complexity index is 1140. The van der Waals surface area contributed by atoms with Gasteiger partial charge in [0, 0.05) is 26.6 Å². The summed E-state index contributed by atoms with van der Waals surface area (Å²) in [5.41, 5.74) is 0.627. The summed E-state index contributed by atoms with van der Waals surface area (Å²) in [7, 11) is 1.64. The monoisotopic (exact) mass is 391 g/mol. The molecule has 150 valence electrons. The highest BCUT2D eigenvalue weighted by molar-refractivity contribution is 5.82. The maximum absolute atomic E-state index is 13.5. The zero-order chi connectivity index (χ0) is 20.4. The summed E-state index contributed by atoms with van der Waals surface area (Å²) in [6.45, 7) is 1.35. The molecule has 6 heteroatoms. The van der Waals surface area contributed by atoms with Gasteiger partial charge >= 0.3 is 5.69 Å². The summed E-state index contributed by atoms with van der Waals surface area (Å²) in [5.74, 6) is -0.150. The lowest BCUT2D eigenvalue weighted by Crippen LogP contribution is -2.49. The summed E-state index contributed by atoms with van der Waals surface area (Å²) < 4.78 is 2.62. The van der Waals surface area contributed by atoms with E-state index in [9.17, 15) is 14.4 Å². The maximum Gasteiger partial charge on any atom is 0.331 e. The van der Waals surface area contributed by atoms with Gasteiger partial charge in [0.2, 0.25) is 5.91 Å². The molecule has 1 aliphatic rings. The Morgan fingerprint density at radius 2 is 1.59 bits per heavy atom. The zero-order valence-electron chi connectivity index (χ0n) is 16.6. The van der Waals surface area contributed by atoms with Crippen molar-refractivity contribution in [3.8, 4) is 0 Å². The molecular formula is C23H25N3O3. The van der Waals surface area contributed by atoms with Crippen LogP contribution in [0, 0.1) is 0 Å². The van der Waals surface area contributed by atoms with Crippen LogP contribution in [0.5, 0.6) is 0 Å². The summed E-state index contributed by atoms with van der Waals surface area (Å²) in [6.07, 6.45) is 3.32. The van der Waals surface area contributed by atoms with E-state index >= 15 is 0 Å². The SMILES string of the molecule is Cn1c(=O)n([C@H](Cc2ccccc2)C(=O)N2CCCCC2)c(=O)c2ccccc21. The van der Waals surface area contributed by atoms with E-state index in [4.69, 9.17) is 0 Å². The number of likely N-dealkylation sites (tertiary alicyclic amines) is 1. The van der Waals surface area contributed by atoms with Crippen molar-refractivity contribution in [3.05, 3.63) is 81.0 Å². The van der Waals surface area contributed by atoms with Gasteiger partial charge in [-0.2, -0.15) is 0 Å². The minimum absolute atomic E-state index is 0.150. The molecular weight excluding hydrogens is 366 g/mol. The van der Waals surface area contributed by atoms with Crippen molar-refractivity contribution >= 4 is 16.8 Å². The number of piperidine rings is 1. The first-order valence-electron chi connectivity index (χ1n) is 10.1. The number of amides is 1. The second-order valence-electron chi connectivity index (χ2n) is 7.63. The van der Waals surface area contributed by atoms with E-state index in [1.54, 1.807) is 36.2 Å². The Hall–Kier alpha value is -3.15. The van der Waals surface area contributed by atoms with Crippen molar-refractivity contribution in [1.82, 2.24) is 14.0 Å². The predicted molar refractivity (Wildman–Crippen MR) is 113 cm³/mol. The molecule has 0 spiro atoms. The molecule has 2 aromatic carbocycles. The summed E-state index contributed by atoms with van der Waals surface area (Å²) in [5, 5.41) is 0.444. The largest absolute Gasteiger partial charge is 0.341 e. The molecule has 1 atom stereocenters. The number of rotatable bonds is 4. The summed E-state index contributed by atoms with van der Waals surface area (Å²) in [4.78, 5) is 41.8. The van der Waals surface area contributed by atoms with Crippen LogP contribution in [0.15, 0.2) is 64.2 Å². The molecule has 1 aliphatic heterocycles. The number of fused-ring (bicyclic) bond motifs is 1. The van der Waals surface area contributed by atoms with Crippen LogP contribution in [-0.4, -0.2) is 33.0 Å². The maximum atomic E-state index is 13.5. The van der Waals surface area contributed by atoms with Gasteiger partial charge in [-0.25, -0.2) is 9.36 Å². The molecule has 0 radical (unpaired) electrons. The minimum Gasteiger partial charge on any atom is -0.341 e. The molecule has 4 rings (SSSR count). The van der Waals surface area contributed by atoms with Crippen molar-refractivity contribution in [3.63, 3.8) is 0 Å². The summed E-state index contributed by atoms with van der Waals surface area (Å²) >= 11 is 0. The third-order valence-corrected chi connectivity index (χ3v) is 5.74. The molecule has 1 saturated heterocycles. The van der Waals surface area contributed by atoms with E-state index in [-0.39, 0.29) is 5.91 Å². The second-order valence-corrected chi connectivity index (χ2v) is 7.63. The molecule has 0 aliphatic carbocycles. The Balaban J connectivity index is 1.88. The molecule has 3 aromatic rings. The number of carbonyl (C=O) groups is 1. The first-order chi connectivity index (χ1) is 14.1. The minimum atomic E-state index is -0.855. The van der Waals surface area contributed by atoms with Gasteiger partial charge in [0.25, 0.3) is 5.56 Å². The number of para-hydroxylation sites is 1. The molecule has 0 N–H and O–H groups in total. The topological polar surface area (TPSA) is 64.3 Å². The molecule has 29 heavy (non-hydrogen) atoms. The molecule has 1 aromatic heterocycles. The second kappa shape index (κ2) is 8.07. The van der Waals surface area contributed by atoms with Gasteiger partial charge in [0.15, 0.2) is 0 Å². The van der Waals surface area contributed by atoms with Crippen molar-refractivity contribution in [2.75, 3.05) is 13.1 Å². The van der Waals surface area contributed by atoms with Crippen molar-refractivity contribution in [2.45, 2.75) is 31.7 Å². The van der Waals surface area contributed by atoms with Gasteiger partial charge in [0.05, 0.1) is 10.9 Å². The average Bonchev–Trinajstić information content (AvgIpc) is 2.78.